The highest BCUT2D eigenvalue weighted by molar-refractivity contribution is 5.93. The van der Waals surface area contributed by atoms with Gasteiger partial charge in [-0.25, -0.2) is 0 Å². The fourth-order valence-corrected chi connectivity index (χ4v) is 1.84. The zero-order valence-electron chi connectivity index (χ0n) is 8.90. The Morgan fingerprint density at radius 1 is 1.06 bits per heavy atom. The van der Waals surface area contributed by atoms with Crippen LogP contribution in [-0.4, -0.2) is 0 Å². The second-order valence-electron chi connectivity index (χ2n) is 3.49. The molecule has 82 valence electrons. The molecule has 0 amide bonds. The molecule has 2 aromatic carbocycles. The summed E-state index contributed by atoms with van der Waals surface area (Å²) in [5.41, 5.74) is 2.44. The van der Waals surface area contributed by atoms with Gasteiger partial charge in [0.15, 0.2) is 0 Å². The second kappa shape index (κ2) is 5.32. The SMILES string of the molecule is C.C=Cc1ccc2ccccc2c1/C=C\C. The van der Waals surface area contributed by atoms with E-state index >= 15 is 0 Å². The molecule has 0 saturated heterocycles. The molecule has 0 heterocycles. The van der Waals surface area contributed by atoms with Crippen molar-refractivity contribution in [1.29, 1.82) is 0 Å². The first-order valence-corrected chi connectivity index (χ1v) is 5.13. The minimum absolute atomic E-state index is 0. The molecule has 2 rings (SSSR count). The van der Waals surface area contributed by atoms with Crippen molar-refractivity contribution in [2.75, 3.05) is 0 Å². The van der Waals surface area contributed by atoms with Gasteiger partial charge in [0.05, 0.1) is 0 Å². The summed E-state index contributed by atoms with van der Waals surface area (Å²) in [6.45, 7) is 5.88. The van der Waals surface area contributed by atoms with Gasteiger partial charge >= 0.3 is 0 Å². The molecule has 2 aromatic rings. The Labute approximate surface area is 97.9 Å². The monoisotopic (exact) mass is 210 g/mol. The van der Waals surface area contributed by atoms with Gasteiger partial charge in [-0.2, -0.15) is 0 Å². The summed E-state index contributed by atoms with van der Waals surface area (Å²) < 4.78 is 0. The first-order chi connectivity index (χ1) is 7.36. The summed E-state index contributed by atoms with van der Waals surface area (Å²) in [6, 6.07) is 12.7. The quantitative estimate of drug-likeness (QED) is 0.643. The van der Waals surface area contributed by atoms with Crippen LogP contribution in [0, 0.1) is 0 Å². The summed E-state index contributed by atoms with van der Waals surface area (Å²) >= 11 is 0. The van der Waals surface area contributed by atoms with E-state index in [2.05, 4.69) is 55.1 Å². The van der Waals surface area contributed by atoms with Crippen molar-refractivity contribution in [3.05, 3.63) is 60.2 Å². The van der Waals surface area contributed by atoms with Crippen LogP contribution in [0.15, 0.2) is 49.1 Å². The average molecular weight is 210 g/mol. The third-order valence-electron chi connectivity index (χ3n) is 2.56. The molecule has 0 unspecified atom stereocenters. The third kappa shape index (κ3) is 2.06. The maximum Gasteiger partial charge on any atom is -0.0106 e. The molecule has 0 spiro atoms. The fourth-order valence-electron chi connectivity index (χ4n) is 1.84. The Morgan fingerprint density at radius 3 is 2.50 bits per heavy atom. The minimum atomic E-state index is 0. The van der Waals surface area contributed by atoms with Crippen LogP contribution in [0.4, 0.5) is 0 Å². The second-order valence-corrected chi connectivity index (χ2v) is 3.49. The van der Waals surface area contributed by atoms with Gasteiger partial charge in [0.1, 0.15) is 0 Å². The summed E-state index contributed by atoms with van der Waals surface area (Å²) in [7, 11) is 0. The van der Waals surface area contributed by atoms with Crippen LogP contribution < -0.4 is 0 Å². The first kappa shape index (κ1) is 12.3. The highest BCUT2D eigenvalue weighted by Gasteiger charge is 2.01. The van der Waals surface area contributed by atoms with Gasteiger partial charge < -0.3 is 0 Å². The molecule has 16 heavy (non-hydrogen) atoms. The molecule has 0 bridgehead atoms. The summed E-state index contributed by atoms with van der Waals surface area (Å²) in [4.78, 5) is 0. The van der Waals surface area contributed by atoms with E-state index in [0.717, 1.165) is 0 Å². The number of fused-ring (bicyclic) bond motifs is 1. The first-order valence-electron chi connectivity index (χ1n) is 5.13. The number of allylic oxidation sites excluding steroid dienone is 1. The van der Waals surface area contributed by atoms with Crippen molar-refractivity contribution in [2.45, 2.75) is 14.4 Å². The normalized spacial score (nSPS) is 10.3. The van der Waals surface area contributed by atoms with E-state index in [4.69, 9.17) is 0 Å². The van der Waals surface area contributed by atoms with Crippen molar-refractivity contribution in [3.63, 3.8) is 0 Å². The third-order valence-corrected chi connectivity index (χ3v) is 2.56. The van der Waals surface area contributed by atoms with E-state index in [1.165, 1.54) is 21.9 Å². The summed E-state index contributed by atoms with van der Waals surface area (Å²) in [5, 5.41) is 2.56. The lowest BCUT2D eigenvalue weighted by Crippen LogP contribution is -1.83. The topological polar surface area (TPSA) is 0 Å². The van der Waals surface area contributed by atoms with Crippen molar-refractivity contribution in [3.8, 4) is 0 Å². The van der Waals surface area contributed by atoms with Gasteiger partial charge in [0.2, 0.25) is 0 Å². The molecular formula is C16H18. The predicted octanol–water partition coefficient (Wildman–Crippen LogP) is 5.15. The Bertz CT molecular complexity index is 519. The maximum absolute atomic E-state index is 3.85. The Balaban J connectivity index is 0.00000128. The van der Waals surface area contributed by atoms with Crippen LogP contribution in [-0.2, 0) is 0 Å². The predicted molar refractivity (Wildman–Crippen MR) is 75.5 cm³/mol. The van der Waals surface area contributed by atoms with Gasteiger partial charge in [-0.15, -0.1) is 0 Å². The van der Waals surface area contributed by atoms with Crippen molar-refractivity contribution < 1.29 is 0 Å². The smallest absolute Gasteiger partial charge is 0.0106 e. The zero-order chi connectivity index (χ0) is 10.7. The van der Waals surface area contributed by atoms with E-state index in [0.29, 0.717) is 0 Å². The number of benzene rings is 2. The molecule has 0 aromatic heterocycles. The Kier molecular flexibility index (Phi) is 4.07. The highest BCUT2D eigenvalue weighted by atomic mass is 14.0. The average Bonchev–Trinajstić information content (AvgIpc) is 2.30. The van der Waals surface area contributed by atoms with Gasteiger partial charge in [-0.3, -0.25) is 0 Å². The van der Waals surface area contributed by atoms with E-state index in [-0.39, 0.29) is 7.43 Å². The molecule has 0 heteroatoms. The van der Waals surface area contributed by atoms with Gasteiger partial charge in [0.25, 0.3) is 0 Å². The standard InChI is InChI=1S/C15H14.CH4/c1-3-7-14-12(4-2)10-11-13-8-5-6-9-15(13)14;/h3-11H,2H2,1H3;1H4/b7-3-;. The molecule has 0 nitrogen and oxygen atoms in total. The molecule has 0 saturated carbocycles. The number of hydrogen-bond acceptors (Lipinski definition) is 0. The zero-order valence-corrected chi connectivity index (χ0v) is 8.90. The highest BCUT2D eigenvalue weighted by Crippen LogP contribution is 2.24. The Hall–Kier alpha value is -1.82. The minimum Gasteiger partial charge on any atom is -0.0984 e. The van der Waals surface area contributed by atoms with Gasteiger partial charge in [-0.1, -0.05) is 68.6 Å². The van der Waals surface area contributed by atoms with Crippen LogP contribution in [0.2, 0.25) is 0 Å². The largest absolute Gasteiger partial charge is 0.0984 e. The molecular weight excluding hydrogens is 192 g/mol. The van der Waals surface area contributed by atoms with Crippen molar-refractivity contribution in [2.24, 2.45) is 0 Å². The molecule has 0 atom stereocenters. The van der Waals surface area contributed by atoms with E-state index < -0.39 is 0 Å². The van der Waals surface area contributed by atoms with E-state index in [9.17, 15) is 0 Å². The van der Waals surface area contributed by atoms with Crippen LogP contribution in [0.5, 0.6) is 0 Å². The summed E-state index contributed by atoms with van der Waals surface area (Å²) in [6.07, 6.45) is 6.11. The summed E-state index contributed by atoms with van der Waals surface area (Å²) in [5.74, 6) is 0. The van der Waals surface area contributed by atoms with Crippen molar-refractivity contribution in [1.82, 2.24) is 0 Å². The van der Waals surface area contributed by atoms with Crippen molar-refractivity contribution >= 4 is 22.9 Å². The lowest BCUT2D eigenvalue weighted by molar-refractivity contribution is 1.65. The number of hydrogen-bond donors (Lipinski definition) is 0. The maximum atomic E-state index is 3.85. The molecule has 0 radical (unpaired) electrons. The molecule has 0 fully saturated rings. The fraction of sp³-hybridized carbons (Fsp3) is 0.125. The lowest BCUT2D eigenvalue weighted by atomic mass is 9.98. The molecule has 0 aliphatic carbocycles. The Morgan fingerprint density at radius 2 is 1.81 bits per heavy atom. The molecule has 0 aliphatic heterocycles. The lowest BCUT2D eigenvalue weighted by Gasteiger charge is -2.06. The van der Waals surface area contributed by atoms with E-state index in [1.807, 2.05) is 13.0 Å². The van der Waals surface area contributed by atoms with Crippen LogP contribution in [0.25, 0.3) is 22.9 Å². The number of rotatable bonds is 2. The molecule has 0 aliphatic rings. The van der Waals surface area contributed by atoms with Crippen LogP contribution in [0.3, 0.4) is 0 Å². The molecule has 0 N–H and O–H groups in total. The van der Waals surface area contributed by atoms with Crippen LogP contribution >= 0.6 is 0 Å². The van der Waals surface area contributed by atoms with Gasteiger partial charge in [0, 0.05) is 0 Å². The van der Waals surface area contributed by atoms with E-state index in [1.54, 1.807) is 0 Å². The van der Waals surface area contributed by atoms with Crippen LogP contribution in [0.1, 0.15) is 25.5 Å². The van der Waals surface area contributed by atoms with Gasteiger partial charge in [-0.05, 0) is 28.8 Å².